The first kappa shape index (κ1) is 29.1. The summed E-state index contributed by atoms with van der Waals surface area (Å²) in [5.41, 5.74) is 6.80. The van der Waals surface area contributed by atoms with Crippen molar-refractivity contribution in [3.63, 3.8) is 0 Å². The van der Waals surface area contributed by atoms with Gasteiger partial charge in [0.05, 0.1) is 0 Å². The number of benzene rings is 4. The summed E-state index contributed by atoms with van der Waals surface area (Å²) in [5, 5.41) is 0. The van der Waals surface area contributed by atoms with Gasteiger partial charge >= 0.3 is 0 Å². The minimum Gasteiger partial charge on any atom is -0.456 e. The Labute approximate surface area is 250 Å². The van der Waals surface area contributed by atoms with Crippen LogP contribution in [0.4, 0.5) is 0 Å². The third-order valence-electron chi connectivity index (χ3n) is 6.20. The van der Waals surface area contributed by atoms with Crippen LogP contribution in [-0.2, 0) is 4.74 Å². The van der Waals surface area contributed by atoms with E-state index < -0.39 is 10.2 Å². The van der Waals surface area contributed by atoms with Crippen LogP contribution in [0.25, 0.3) is 38.5 Å². The molecule has 4 aromatic carbocycles. The number of allylic oxidation sites excluding steroid dienone is 3. The molecule has 0 aliphatic carbocycles. The second-order valence-corrected chi connectivity index (χ2v) is 11.1. The standard InChI is InChI=1S/C35H25OS.ClHO4/c1-5-13-28(14-6-1)32-22-26(23-33(36-32)29-15-7-2-8-16-29)21-27-24-34(30-17-9-3-10-18-30)37-35(25-27)31-19-11-4-12-20-31;2-1(3,4)5/h1-25H;(H,2,3,4,5)/q+1;/p-1. The number of halogens is 1. The van der Waals surface area contributed by atoms with Gasteiger partial charge in [-0.3, -0.25) is 0 Å². The summed E-state index contributed by atoms with van der Waals surface area (Å²) in [6.07, 6.45) is 6.51. The molecule has 0 saturated heterocycles. The molecule has 0 amide bonds. The maximum atomic E-state index is 8.49. The number of hydrogen-bond acceptors (Lipinski definition) is 5. The fourth-order valence-electron chi connectivity index (χ4n) is 4.38. The molecular formula is C35H25ClO5S. The molecule has 1 aliphatic rings. The summed E-state index contributed by atoms with van der Waals surface area (Å²) < 4.78 is 40.4. The van der Waals surface area contributed by atoms with Crippen molar-refractivity contribution in [2.75, 3.05) is 0 Å². The van der Waals surface area contributed by atoms with Crippen molar-refractivity contribution in [2.45, 2.75) is 0 Å². The molecule has 0 spiro atoms. The molecule has 0 atom stereocenters. The average Bonchev–Trinajstić information content (AvgIpc) is 3.02. The normalized spacial score (nSPS) is 12.7. The third-order valence-corrected chi connectivity index (χ3v) is 7.34. The van der Waals surface area contributed by atoms with E-state index in [0.29, 0.717) is 0 Å². The third kappa shape index (κ3) is 8.31. The van der Waals surface area contributed by atoms with Gasteiger partial charge in [0.15, 0.2) is 0 Å². The summed E-state index contributed by atoms with van der Waals surface area (Å²) in [4.78, 5) is 2.47. The Morgan fingerprint density at radius 2 is 0.833 bits per heavy atom. The molecule has 0 fully saturated rings. The second-order valence-electron chi connectivity index (χ2n) is 9.22. The van der Waals surface area contributed by atoms with Crippen LogP contribution >= 0.6 is 11.3 Å². The smallest absolute Gasteiger partial charge is 0.239 e. The first-order valence-electron chi connectivity index (χ1n) is 13.0. The molecule has 6 rings (SSSR count). The van der Waals surface area contributed by atoms with E-state index in [2.05, 4.69) is 115 Å². The fourth-order valence-corrected chi connectivity index (χ4v) is 5.52. The van der Waals surface area contributed by atoms with Crippen LogP contribution in [0, 0.1) is 10.2 Å². The monoisotopic (exact) mass is 592 g/mol. The van der Waals surface area contributed by atoms with Crippen molar-refractivity contribution in [1.82, 2.24) is 0 Å². The van der Waals surface area contributed by atoms with E-state index in [1.807, 2.05) is 47.7 Å². The average molecular weight is 593 g/mol. The van der Waals surface area contributed by atoms with Crippen LogP contribution in [0.2, 0.25) is 0 Å². The lowest BCUT2D eigenvalue weighted by Crippen LogP contribution is -2.68. The molecule has 1 aromatic heterocycles. The molecule has 1 aliphatic heterocycles. The van der Waals surface area contributed by atoms with E-state index in [4.69, 9.17) is 23.4 Å². The summed E-state index contributed by atoms with van der Waals surface area (Å²) >= 11 is 1.81. The SMILES string of the molecule is C(=C1C=C(c2ccccc2)OC(c2ccccc2)=C1)c1cc(-c2ccccc2)[s+]c(-c2ccccc2)c1.[O-][Cl+3]([O-])([O-])[O-]. The topological polar surface area (TPSA) is 101 Å². The lowest BCUT2D eigenvalue weighted by atomic mass is 10.0. The largest absolute Gasteiger partial charge is 0.456 e. The molecule has 0 saturated carbocycles. The maximum Gasteiger partial charge on any atom is 0.239 e. The van der Waals surface area contributed by atoms with Gasteiger partial charge in [-0.1, -0.05) is 97.1 Å². The van der Waals surface area contributed by atoms with Gasteiger partial charge in [-0.2, -0.15) is 0 Å². The molecule has 5 nitrogen and oxygen atoms in total. The summed E-state index contributed by atoms with van der Waals surface area (Å²) in [5.74, 6) is 1.69. The molecule has 0 radical (unpaired) electrons. The highest BCUT2D eigenvalue weighted by atomic mass is 35.7. The van der Waals surface area contributed by atoms with Crippen molar-refractivity contribution in [3.8, 4) is 20.9 Å². The second kappa shape index (κ2) is 13.5. The zero-order valence-corrected chi connectivity index (χ0v) is 23.8. The van der Waals surface area contributed by atoms with E-state index in [1.54, 1.807) is 0 Å². The predicted molar refractivity (Wildman–Crippen MR) is 157 cm³/mol. The van der Waals surface area contributed by atoms with Gasteiger partial charge in [-0.25, -0.2) is 18.6 Å². The Bertz CT molecular complexity index is 1590. The van der Waals surface area contributed by atoms with Crippen molar-refractivity contribution in [2.24, 2.45) is 0 Å². The van der Waals surface area contributed by atoms with Crippen LogP contribution in [0.15, 0.2) is 151 Å². The highest BCUT2D eigenvalue weighted by molar-refractivity contribution is 7.18. The van der Waals surface area contributed by atoms with Crippen LogP contribution in [0.5, 0.6) is 0 Å². The lowest BCUT2D eigenvalue weighted by Gasteiger charge is -2.19. The van der Waals surface area contributed by atoms with Crippen LogP contribution < -0.4 is 18.6 Å². The summed E-state index contributed by atoms with van der Waals surface area (Å²) in [6, 6.07) is 46.3. The van der Waals surface area contributed by atoms with Gasteiger partial charge in [0, 0.05) is 34.4 Å². The van der Waals surface area contributed by atoms with Crippen LogP contribution in [0.1, 0.15) is 16.7 Å². The Balaban J connectivity index is 0.000000652. The Morgan fingerprint density at radius 1 is 0.500 bits per heavy atom. The van der Waals surface area contributed by atoms with Gasteiger partial charge in [0.2, 0.25) is 21.1 Å². The molecule has 2 heterocycles. The molecule has 7 heteroatoms. The summed E-state index contributed by atoms with van der Waals surface area (Å²) in [7, 11) is -4.94. The first-order valence-corrected chi connectivity index (χ1v) is 15.0. The minimum atomic E-state index is -4.94. The van der Waals surface area contributed by atoms with Crippen molar-refractivity contribution in [1.29, 1.82) is 0 Å². The van der Waals surface area contributed by atoms with Gasteiger partial charge in [-0.05, 0) is 53.6 Å². The van der Waals surface area contributed by atoms with E-state index in [-0.39, 0.29) is 0 Å². The zero-order chi connectivity index (χ0) is 29.4. The molecule has 208 valence electrons. The van der Waals surface area contributed by atoms with E-state index in [1.165, 1.54) is 20.9 Å². The van der Waals surface area contributed by atoms with Gasteiger partial charge in [0.25, 0.3) is 0 Å². The van der Waals surface area contributed by atoms with Crippen molar-refractivity contribution >= 4 is 28.9 Å². The van der Waals surface area contributed by atoms with E-state index in [0.717, 1.165) is 33.8 Å². The van der Waals surface area contributed by atoms with Gasteiger partial charge < -0.3 is 4.74 Å². The maximum absolute atomic E-state index is 8.49. The predicted octanol–water partition coefficient (Wildman–Crippen LogP) is 5.10. The van der Waals surface area contributed by atoms with E-state index >= 15 is 0 Å². The highest BCUT2D eigenvalue weighted by Crippen LogP contribution is 2.36. The summed E-state index contributed by atoms with van der Waals surface area (Å²) in [6.45, 7) is 0. The molecule has 42 heavy (non-hydrogen) atoms. The van der Waals surface area contributed by atoms with Crippen LogP contribution in [0.3, 0.4) is 0 Å². The first-order chi connectivity index (χ1) is 20.3. The molecular weight excluding hydrogens is 568 g/mol. The van der Waals surface area contributed by atoms with Crippen LogP contribution in [-0.4, -0.2) is 0 Å². The van der Waals surface area contributed by atoms with Gasteiger partial charge in [0.1, 0.15) is 11.5 Å². The van der Waals surface area contributed by atoms with Crippen molar-refractivity contribution in [3.05, 3.63) is 168 Å². The molecule has 0 bridgehead atoms. The minimum absolute atomic E-state index is 0.846. The Morgan fingerprint density at radius 3 is 1.19 bits per heavy atom. The number of hydrogen-bond donors (Lipinski definition) is 0. The lowest BCUT2D eigenvalue weighted by molar-refractivity contribution is -2.00. The number of ether oxygens (including phenoxy) is 1. The quantitative estimate of drug-likeness (QED) is 0.264. The molecule has 0 unspecified atom stereocenters. The van der Waals surface area contributed by atoms with Crippen molar-refractivity contribution < 1.29 is 33.6 Å². The Hall–Kier alpha value is -4.40. The highest BCUT2D eigenvalue weighted by Gasteiger charge is 2.19. The van der Waals surface area contributed by atoms with E-state index in [9.17, 15) is 0 Å². The zero-order valence-electron chi connectivity index (χ0n) is 22.3. The molecule has 5 aromatic rings. The number of rotatable bonds is 5. The molecule has 0 N–H and O–H groups in total. The fraction of sp³-hybridized carbons (Fsp3) is 0. The Kier molecular flexibility index (Phi) is 9.36. The van der Waals surface area contributed by atoms with Gasteiger partial charge in [-0.15, -0.1) is 10.2 Å².